The highest BCUT2D eigenvalue weighted by Crippen LogP contribution is 2.50. The number of tetrazole rings is 1. The first-order valence-corrected chi connectivity index (χ1v) is 14.4. The number of carbonyl (C=O) groups excluding carboxylic acids is 2. The van der Waals surface area contributed by atoms with Crippen LogP contribution in [0.15, 0.2) is 67.1 Å². The smallest absolute Gasteiger partial charge is 0.422 e. The molecule has 0 spiro atoms. The van der Waals surface area contributed by atoms with Gasteiger partial charge in [-0.25, -0.2) is 18.3 Å². The summed E-state index contributed by atoms with van der Waals surface area (Å²) in [5, 5.41) is 12.6. The molecule has 1 N–H and O–H groups in total. The molecule has 0 bridgehead atoms. The van der Waals surface area contributed by atoms with Crippen LogP contribution in [0, 0.1) is 11.6 Å². The second kappa shape index (κ2) is 14.4. The van der Waals surface area contributed by atoms with Crippen LogP contribution in [0.3, 0.4) is 0 Å². The molecule has 0 aliphatic heterocycles. The van der Waals surface area contributed by atoms with Crippen LogP contribution in [0.1, 0.15) is 38.4 Å². The zero-order chi connectivity index (χ0) is 36.0. The van der Waals surface area contributed by atoms with Crippen molar-refractivity contribution in [3.05, 3.63) is 90.0 Å². The number of nitrogens with one attached hydrogen (secondary N) is 1. The molecule has 4 rings (SSSR count). The average molecular weight is 699 g/mol. The van der Waals surface area contributed by atoms with Crippen molar-refractivity contribution in [3.8, 4) is 16.9 Å². The summed E-state index contributed by atoms with van der Waals surface area (Å²) < 4.78 is 117. The molecule has 4 aromatic rings. The molecule has 18 heteroatoms. The molecule has 1 unspecified atom stereocenters. The number of carbonyl (C=O) groups is 2. The number of ether oxygens (including phenoxy) is 3. The first-order valence-electron chi connectivity index (χ1n) is 14.4. The molecule has 2 aromatic heterocycles. The first kappa shape index (κ1) is 36.5. The van der Waals surface area contributed by atoms with E-state index in [2.05, 4.69) is 30.6 Å². The zero-order valence-electron chi connectivity index (χ0n) is 26.1. The molecular formula is C31H29F7N6O5. The second-order valence-corrected chi connectivity index (χ2v) is 11.5. The van der Waals surface area contributed by atoms with E-state index in [0.717, 1.165) is 23.3 Å². The molecule has 0 radical (unpaired) electrons. The van der Waals surface area contributed by atoms with Crippen LogP contribution < -0.4 is 10.1 Å². The summed E-state index contributed by atoms with van der Waals surface area (Å²) in [6.07, 6.45) is -4.20. The molecule has 11 nitrogen and oxygen atoms in total. The fraction of sp³-hybridized carbons (Fsp3) is 0.355. The number of halogens is 7. The van der Waals surface area contributed by atoms with Crippen LogP contribution in [-0.2, 0) is 32.3 Å². The number of benzene rings is 2. The highest BCUT2D eigenvalue weighted by molar-refractivity contribution is 5.73. The Morgan fingerprint density at radius 1 is 0.898 bits per heavy atom. The predicted molar refractivity (Wildman–Crippen MR) is 156 cm³/mol. The van der Waals surface area contributed by atoms with E-state index in [1.807, 2.05) is 0 Å². The molecule has 0 saturated carbocycles. The Hall–Kier alpha value is -5.29. The van der Waals surface area contributed by atoms with Gasteiger partial charge in [-0.1, -0.05) is 18.2 Å². The lowest BCUT2D eigenvalue weighted by molar-refractivity contribution is -0.232. The highest BCUT2D eigenvalue weighted by Gasteiger charge is 2.62. The minimum atomic E-state index is -4.55. The summed E-state index contributed by atoms with van der Waals surface area (Å²) in [6.45, 7) is 1.79. The fourth-order valence-electron chi connectivity index (χ4n) is 4.49. The summed E-state index contributed by atoms with van der Waals surface area (Å²) in [4.78, 5) is 29.0. The van der Waals surface area contributed by atoms with Crippen molar-refractivity contribution < 1.29 is 54.5 Å². The molecule has 49 heavy (non-hydrogen) atoms. The number of hydrogen-bond donors (Lipinski definition) is 1. The summed E-state index contributed by atoms with van der Waals surface area (Å²) >= 11 is 0. The van der Waals surface area contributed by atoms with Gasteiger partial charge >= 0.3 is 24.2 Å². The highest BCUT2D eigenvalue weighted by atomic mass is 19.4. The van der Waals surface area contributed by atoms with Gasteiger partial charge in [-0.2, -0.15) is 22.0 Å². The first-order chi connectivity index (χ1) is 22.9. The summed E-state index contributed by atoms with van der Waals surface area (Å²) in [5.41, 5.74) is -5.48. The van der Waals surface area contributed by atoms with E-state index in [-0.39, 0.29) is 11.3 Å². The second-order valence-electron chi connectivity index (χ2n) is 11.5. The fourth-order valence-corrected chi connectivity index (χ4v) is 4.49. The zero-order valence-corrected chi connectivity index (χ0v) is 26.1. The SMILES string of the molecule is CC(C)(C)OC(=O)NCCC(=O)OC(Cn1cnnn1)(c1ccc(F)cc1F)C(F)(F)c1ccc(-c2ccc(OCC(F)(F)F)cc2)cn1. The number of nitrogens with zero attached hydrogens (tertiary/aromatic N) is 5. The van der Waals surface area contributed by atoms with Gasteiger partial charge in [0, 0.05) is 29.9 Å². The van der Waals surface area contributed by atoms with E-state index in [4.69, 9.17) is 9.47 Å². The van der Waals surface area contributed by atoms with Gasteiger partial charge in [0.15, 0.2) is 6.61 Å². The van der Waals surface area contributed by atoms with E-state index in [0.29, 0.717) is 23.8 Å². The molecule has 2 aromatic carbocycles. The normalized spacial score (nSPS) is 13.3. The van der Waals surface area contributed by atoms with Crippen LogP contribution in [0.2, 0.25) is 0 Å². The van der Waals surface area contributed by atoms with Crippen molar-refractivity contribution in [3.63, 3.8) is 0 Å². The van der Waals surface area contributed by atoms with E-state index in [1.165, 1.54) is 30.3 Å². The number of rotatable bonds is 12. The molecule has 0 fully saturated rings. The number of alkyl halides is 5. The Labute approximate surface area is 274 Å². The summed E-state index contributed by atoms with van der Waals surface area (Å²) in [7, 11) is 0. The average Bonchev–Trinajstić information content (AvgIpc) is 3.52. The predicted octanol–water partition coefficient (Wildman–Crippen LogP) is 6.10. The third-order valence-corrected chi connectivity index (χ3v) is 6.61. The van der Waals surface area contributed by atoms with Crippen molar-refractivity contribution in [2.45, 2.75) is 57.0 Å². The Morgan fingerprint density at radius 3 is 2.16 bits per heavy atom. The van der Waals surface area contributed by atoms with Crippen LogP contribution in [0.4, 0.5) is 35.5 Å². The molecule has 1 atom stereocenters. The monoisotopic (exact) mass is 698 g/mol. The van der Waals surface area contributed by atoms with Gasteiger partial charge in [-0.15, -0.1) is 5.10 Å². The number of aromatic nitrogens is 5. The number of alkyl carbamates (subject to hydrolysis) is 1. The maximum absolute atomic E-state index is 16.9. The van der Waals surface area contributed by atoms with Gasteiger partial charge in [0.05, 0.1) is 13.0 Å². The third kappa shape index (κ3) is 9.41. The van der Waals surface area contributed by atoms with Crippen molar-refractivity contribution in [1.82, 2.24) is 30.5 Å². The standard InChI is InChI=1S/C31H29F7N6O5/c1-28(2,3)49-27(46)39-13-12-26(45)48-29(16-44-18-41-42-43-44,23-10-7-21(32)14-24(23)33)31(37,38)25-11-6-20(15-40-25)19-4-8-22(9-5-19)47-17-30(34,35)36/h4-11,14-15,18H,12-13,16-17H2,1-3H3,(H,39,46). The quantitative estimate of drug-likeness (QED) is 0.138. The Balaban J connectivity index is 1.70. The molecule has 0 aliphatic rings. The van der Waals surface area contributed by atoms with E-state index in [1.54, 1.807) is 20.8 Å². The maximum Gasteiger partial charge on any atom is 0.422 e. The molecule has 0 saturated heterocycles. The molecular weight excluding hydrogens is 669 g/mol. The largest absolute Gasteiger partial charge is 0.484 e. The van der Waals surface area contributed by atoms with Crippen molar-refractivity contribution in [1.29, 1.82) is 0 Å². The minimum Gasteiger partial charge on any atom is -0.484 e. The van der Waals surface area contributed by atoms with Crippen LogP contribution >= 0.6 is 0 Å². The molecule has 1 amide bonds. The van der Waals surface area contributed by atoms with Crippen molar-refractivity contribution >= 4 is 12.1 Å². The summed E-state index contributed by atoms with van der Waals surface area (Å²) in [5.74, 6) is -8.38. The van der Waals surface area contributed by atoms with Gasteiger partial charge in [0.1, 0.15) is 35.0 Å². The lowest BCUT2D eigenvalue weighted by Gasteiger charge is -2.39. The van der Waals surface area contributed by atoms with E-state index >= 15 is 13.2 Å². The van der Waals surface area contributed by atoms with Crippen LogP contribution in [-0.4, -0.2) is 62.2 Å². The number of pyridine rings is 1. The van der Waals surface area contributed by atoms with Gasteiger partial charge in [-0.3, -0.25) is 9.78 Å². The van der Waals surface area contributed by atoms with Crippen molar-refractivity contribution in [2.75, 3.05) is 13.2 Å². The van der Waals surface area contributed by atoms with E-state index in [9.17, 15) is 27.2 Å². The lowest BCUT2D eigenvalue weighted by atomic mass is 9.83. The number of hydrogen-bond acceptors (Lipinski definition) is 9. The summed E-state index contributed by atoms with van der Waals surface area (Å²) in [6, 6.07) is 9.03. The van der Waals surface area contributed by atoms with Crippen LogP contribution in [0.25, 0.3) is 11.1 Å². The number of esters is 1. The topological polar surface area (TPSA) is 130 Å². The maximum atomic E-state index is 16.9. The lowest BCUT2D eigenvalue weighted by Crippen LogP contribution is -2.51. The van der Waals surface area contributed by atoms with Gasteiger partial charge in [0.2, 0.25) is 5.60 Å². The van der Waals surface area contributed by atoms with Crippen LogP contribution in [0.5, 0.6) is 5.75 Å². The van der Waals surface area contributed by atoms with Gasteiger partial charge < -0.3 is 19.5 Å². The number of amides is 1. The van der Waals surface area contributed by atoms with Crippen molar-refractivity contribution in [2.24, 2.45) is 0 Å². The Morgan fingerprint density at radius 2 is 1.59 bits per heavy atom. The molecule has 0 aliphatic carbocycles. The van der Waals surface area contributed by atoms with E-state index < -0.39 is 84.4 Å². The molecule has 262 valence electrons. The Bertz CT molecular complexity index is 1730. The third-order valence-electron chi connectivity index (χ3n) is 6.61. The Kier molecular flexibility index (Phi) is 10.8. The molecule has 2 heterocycles. The van der Waals surface area contributed by atoms with Gasteiger partial charge in [-0.05, 0) is 67.1 Å². The van der Waals surface area contributed by atoms with Gasteiger partial charge in [0.25, 0.3) is 0 Å². The minimum absolute atomic E-state index is 0.0889.